The van der Waals surface area contributed by atoms with Crippen LogP contribution in [0.15, 0.2) is 59.7 Å². The Hall–Kier alpha value is -3.35. The van der Waals surface area contributed by atoms with E-state index in [2.05, 4.69) is 5.10 Å². The van der Waals surface area contributed by atoms with Crippen LogP contribution in [0.2, 0.25) is 0 Å². The van der Waals surface area contributed by atoms with E-state index in [-0.39, 0.29) is 17.2 Å². The number of carbonyl (C=O) groups is 2. The molecule has 2 aromatic rings. The molecule has 7 heteroatoms. The molecule has 0 heterocycles. The zero-order chi connectivity index (χ0) is 16.8. The van der Waals surface area contributed by atoms with Gasteiger partial charge in [0.2, 0.25) is 12.2 Å². The van der Waals surface area contributed by atoms with Gasteiger partial charge in [-0.2, -0.15) is 5.10 Å². The molecule has 0 aliphatic carbocycles. The van der Waals surface area contributed by atoms with Crippen molar-refractivity contribution in [2.75, 3.05) is 5.01 Å². The third-order valence-electron chi connectivity index (χ3n) is 3.05. The summed E-state index contributed by atoms with van der Waals surface area (Å²) in [6.07, 6.45) is 0.433. The Balaban J connectivity index is 2.25. The molecule has 0 radical (unpaired) electrons. The van der Waals surface area contributed by atoms with E-state index in [0.29, 0.717) is 17.7 Å². The first-order valence-electron chi connectivity index (χ1n) is 6.67. The number of non-ortho nitro benzene ring substituents is 1. The number of amides is 1. The third-order valence-corrected chi connectivity index (χ3v) is 3.05. The highest BCUT2D eigenvalue weighted by Gasteiger charge is 2.13. The average Bonchev–Trinajstić information content (AvgIpc) is 2.59. The number of rotatable bonds is 6. The standard InChI is InChI=1S/C16H13N3O4/c1-12(16(21)13-5-3-2-4-6-13)17-18(11-20)14-7-9-15(10-8-14)19(22)23/h2-11H,1H3/b17-12+. The quantitative estimate of drug-likeness (QED) is 0.269. The smallest absolute Gasteiger partial charge is 0.269 e. The van der Waals surface area contributed by atoms with Gasteiger partial charge in [0.25, 0.3) is 5.69 Å². The summed E-state index contributed by atoms with van der Waals surface area (Å²) in [6.45, 7) is 1.50. The van der Waals surface area contributed by atoms with Crippen molar-refractivity contribution in [3.63, 3.8) is 0 Å². The maximum Gasteiger partial charge on any atom is 0.269 e. The lowest BCUT2D eigenvalue weighted by Crippen LogP contribution is -2.20. The van der Waals surface area contributed by atoms with E-state index in [1.165, 1.54) is 31.2 Å². The van der Waals surface area contributed by atoms with Crippen LogP contribution in [0.3, 0.4) is 0 Å². The van der Waals surface area contributed by atoms with E-state index in [1.807, 2.05) is 0 Å². The van der Waals surface area contributed by atoms with E-state index in [1.54, 1.807) is 30.3 Å². The Morgan fingerprint density at radius 2 is 1.74 bits per heavy atom. The number of nitro benzene ring substituents is 1. The van der Waals surface area contributed by atoms with Gasteiger partial charge in [-0.1, -0.05) is 30.3 Å². The van der Waals surface area contributed by atoms with Gasteiger partial charge >= 0.3 is 0 Å². The number of ketones is 1. The van der Waals surface area contributed by atoms with Crippen molar-refractivity contribution in [1.82, 2.24) is 0 Å². The molecule has 0 unspecified atom stereocenters. The number of hydrogen-bond donors (Lipinski definition) is 0. The van der Waals surface area contributed by atoms with Gasteiger partial charge in [-0.3, -0.25) is 19.7 Å². The molecular formula is C16H13N3O4. The van der Waals surface area contributed by atoms with Crippen molar-refractivity contribution < 1.29 is 14.5 Å². The molecule has 116 valence electrons. The van der Waals surface area contributed by atoms with E-state index in [9.17, 15) is 19.7 Å². The minimum atomic E-state index is -0.539. The highest BCUT2D eigenvalue weighted by Crippen LogP contribution is 2.19. The van der Waals surface area contributed by atoms with Crippen LogP contribution in [0.1, 0.15) is 17.3 Å². The Morgan fingerprint density at radius 1 is 1.13 bits per heavy atom. The summed E-state index contributed by atoms with van der Waals surface area (Å²) in [6, 6.07) is 13.8. The van der Waals surface area contributed by atoms with E-state index >= 15 is 0 Å². The molecule has 23 heavy (non-hydrogen) atoms. The van der Waals surface area contributed by atoms with Gasteiger partial charge in [-0.05, 0) is 19.1 Å². The van der Waals surface area contributed by atoms with Gasteiger partial charge < -0.3 is 0 Å². The van der Waals surface area contributed by atoms with Crippen molar-refractivity contribution in [3.8, 4) is 0 Å². The lowest BCUT2D eigenvalue weighted by Gasteiger charge is -2.12. The van der Waals surface area contributed by atoms with Crippen LogP contribution in [0.25, 0.3) is 0 Å². The van der Waals surface area contributed by atoms with Crippen molar-refractivity contribution in [2.45, 2.75) is 6.92 Å². The van der Waals surface area contributed by atoms with Gasteiger partial charge in [-0.15, -0.1) is 0 Å². The molecule has 7 nitrogen and oxygen atoms in total. The van der Waals surface area contributed by atoms with E-state index in [4.69, 9.17) is 0 Å². The second kappa shape index (κ2) is 7.08. The predicted molar refractivity (Wildman–Crippen MR) is 85.5 cm³/mol. The number of hydrogen-bond acceptors (Lipinski definition) is 5. The summed E-state index contributed by atoms with van der Waals surface area (Å²) in [4.78, 5) is 33.5. The fourth-order valence-corrected chi connectivity index (χ4v) is 1.87. The zero-order valence-corrected chi connectivity index (χ0v) is 12.2. The van der Waals surface area contributed by atoms with Crippen LogP contribution >= 0.6 is 0 Å². The molecule has 0 bridgehead atoms. The molecule has 0 aliphatic rings. The number of hydrazone groups is 1. The second-order valence-corrected chi connectivity index (χ2v) is 4.60. The topological polar surface area (TPSA) is 92.9 Å². The monoisotopic (exact) mass is 311 g/mol. The number of benzene rings is 2. The number of nitrogens with zero attached hydrogens (tertiary/aromatic N) is 3. The Morgan fingerprint density at radius 3 is 2.26 bits per heavy atom. The normalized spacial score (nSPS) is 10.9. The molecule has 2 aromatic carbocycles. The number of anilines is 1. The first-order valence-corrected chi connectivity index (χ1v) is 6.67. The van der Waals surface area contributed by atoms with Crippen molar-refractivity contribution in [2.24, 2.45) is 5.10 Å². The molecule has 0 aromatic heterocycles. The van der Waals surface area contributed by atoms with Crippen molar-refractivity contribution >= 4 is 29.3 Å². The number of carbonyl (C=O) groups excluding carboxylic acids is 2. The lowest BCUT2D eigenvalue weighted by atomic mass is 10.1. The van der Waals surface area contributed by atoms with Gasteiger partial charge in [0.1, 0.15) is 5.71 Å². The minimum absolute atomic E-state index is 0.0966. The molecule has 0 atom stereocenters. The second-order valence-electron chi connectivity index (χ2n) is 4.60. The summed E-state index contributed by atoms with van der Waals surface area (Å²) >= 11 is 0. The average molecular weight is 311 g/mol. The number of nitro groups is 1. The minimum Gasteiger partial charge on any atom is -0.287 e. The molecule has 0 spiro atoms. The maximum atomic E-state index is 12.2. The molecular weight excluding hydrogens is 298 g/mol. The Bertz CT molecular complexity index is 755. The molecule has 2 rings (SSSR count). The highest BCUT2D eigenvalue weighted by molar-refractivity contribution is 6.45. The van der Waals surface area contributed by atoms with Gasteiger partial charge in [-0.25, -0.2) is 5.01 Å². The van der Waals surface area contributed by atoms with Crippen molar-refractivity contribution in [1.29, 1.82) is 0 Å². The fourth-order valence-electron chi connectivity index (χ4n) is 1.87. The van der Waals surface area contributed by atoms with Crippen molar-refractivity contribution in [3.05, 3.63) is 70.3 Å². The summed E-state index contributed by atoms with van der Waals surface area (Å²) in [7, 11) is 0. The first-order chi connectivity index (χ1) is 11.0. The Labute approximate surface area is 132 Å². The van der Waals surface area contributed by atoms with Crippen LogP contribution in [0.4, 0.5) is 11.4 Å². The molecule has 0 fully saturated rings. The summed E-state index contributed by atoms with van der Waals surface area (Å²) in [5.74, 6) is -0.306. The third kappa shape index (κ3) is 3.85. The molecule has 0 N–H and O–H groups in total. The molecule has 1 amide bonds. The molecule has 0 aliphatic heterocycles. The van der Waals surface area contributed by atoms with Gasteiger partial charge in [0.05, 0.1) is 10.6 Å². The largest absolute Gasteiger partial charge is 0.287 e. The summed E-state index contributed by atoms with van der Waals surface area (Å²) in [5.41, 5.74) is 0.816. The zero-order valence-electron chi connectivity index (χ0n) is 12.2. The summed E-state index contributed by atoms with van der Waals surface area (Å²) < 4.78 is 0. The van der Waals surface area contributed by atoms with Crippen LogP contribution in [0, 0.1) is 10.1 Å². The lowest BCUT2D eigenvalue weighted by molar-refractivity contribution is -0.384. The first kappa shape index (κ1) is 16.0. The van der Waals surface area contributed by atoms with Crippen LogP contribution in [0.5, 0.6) is 0 Å². The SMILES string of the molecule is C/C(=N\N(C=O)c1ccc([N+](=O)[O-])cc1)C(=O)c1ccccc1. The van der Waals surface area contributed by atoms with E-state index in [0.717, 1.165) is 5.01 Å². The van der Waals surface area contributed by atoms with Crippen LogP contribution < -0.4 is 5.01 Å². The maximum absolute atomic E-state index is 12.2. The molecule has 0 saturated heterocycles. The van der Waals surface area contributed by atoms with Gasteiger partial charge in [0, 0.05) is 17.7 Å². The fraction of sp³-hybridized carbons (Fsp3) is 0.0625. The summed E-state index contributed by atoms with van der Waals surface area (Å²) in [5, 5.41) is 15.6. The highest BCUT2D eigenvalue weighted by atomic mass is 16.6. The molecule has 0 saturated carbocycles. The predicted octanol–water partition coefficient (Wildman–Crippen LogP) is 2.82. The van der Waals surface area contributed by atoms with Crippen LogP contribution in [-0.2, 0) is 4.79 Å². The van der Waals surface area contributed by atoms with Crippen LogP contribution in [-0.4, -0.2) is 22.8 Å². The number of Topliss-reactive ketones (excluding diaryl/α,β-unsaturated/α-hetero) is 1. The Kier molecular flexibility index (Phi) is 4.93. The van der Waals surface area contributed by atoms with Gasteiger partial charge in [0.15, 0.2) is 0 Å². The van der Waals surface area contributed by atoms with E-state index < -0.39 is 4.92 Å².